The molecule has 1 atom stereocenters. The topological polar surface area (TPSA) is 15.3 Å². The molecule has 1 fully saturated rings. The highest BCUT2D eigenvalue weighted by atomic mass is 19.4. The highest BCUT2D eigenvalue weighted by Gasteiger charge is 2.40. The second kappa shape index (κ2) is 7.95. The van der Waals surface area contributed by atoms with Crippen molar-refractivity contribution in [2.24, 2.45) is 0 Å². The van der Waals surface area contributed by atoms with Crippen LogP contribution >= 0.6 is 0 Å². The Bertz CT molecular complexity index is 561. The van der Waals surface area contributed by atoms with E-state index in [2.05, 4.69) is 5.32 Å². The van der Waals surface area contributed by atoms with Gasteiger partial charge in [0.15, 0.2) is 0 Å². The van der Waals surface area contributed by atoms with Crippen LogP contribution in [0.3, 0.4) is 0 Å². The molecule has 0 spiro atoms. The molecule has 142 valence electrons. The van der Waals surface area contributed by atoms with Gasteiger partial charge in [0.25, 0.3) is 0 Å². The van der Waals surface area contributed by atoms with Crippen LogP contribution in [0.2, 0.25) is 0 Å². The lowest BCUT2D eigenvalue weighted by Gasteiger charge is -2.36. The molecule has 0 unspecified atom stereocenters. The van der Waals surface area contributed by atoms with Gasteiger partial charge < -0.3 is 5.32 Å². The molecular formula is C17H22F6N2. The molecule has 1 N–H and O–H groups in total. The fourth-order valence-electron chi connectivity index (χ4n) is 3.19. The molecule has 1 aliphatic rings. The van der Waals surface area contributed by atoms with E-state index in [-0.39, 0.29) is 11.6 Å². The van der Waals surface area contributed by atoms with E-state index in [0.29, 0.717) is 39.0 Å². The number of nitrogens with zero attached hydrogens (tertiary/aromatic N) is 1. The van der Waals surface area contributed by atoms with Crippen molar-refractivity contribution in [3.8, 4) is 0 Å². The predicted molar refractivity (Wildman–Crippen MR) is 83.2 cm³/mol. The second-order valence-corrected chi connectivity index (χ2v) is 6.24. The van der Waals surface area contributed by atoms with Crippen LogP contribution in [0.1, 0.15) is 48.9 Å². The van der Waals surface area contributed by atoms with Gasteiger partial charge in [-0.05, 0) is 24.1 Å². The maximum absolute atomic E-state index is 13.5. The summed E-state index contributed by atoms with van der Waals surface area (Å²) in [4.78, 5) is 1.93. The molecule has 0 aromatic heterocycles. The molecule has 1 aliphatic heterocycles. The molecule has 0 radical (unpaired) electrons. The van der Waals surface area contributed by atoms with Crippen LogP contribution in [0.25, 0.3) is 0 Å². The summed E-state index contributed by atoms with van der Waals surface area (Å²) >= 11 is 0. The smallest absolute Gasteiger partial charge is 0.314 e. The highest BCUT2D eigenvalue weighted by molar-refractivity contribution is 5.37. The van der Waals surface area contributed by atoms with Gasteiger partial charge in [-0.1, -0.05) is 25.8 Å². The van der Waals surface area contributed by atoms with Gasteiger partial charge in [-0.2, -0.15) is 26.3 Å². The van der Waals surface area contributed by atoms with Crippen molar-refractivity contribution in [2.45, 2.75) is 44.6 Å². The number of alkyl halides is 6. The number of nitrogens with one attached hydrogen (secondary N) is 1. The average Bonchev–Trinajstić information content (AvgIpc) is 2.54. The number of hydrogen-bond acceptors (Lipinski definition) is 2. The van der Waals surface area contributed by atoms with Crippen LogP contribution in [-0.4, -0.2) is 31.1 Å². The molecule has 1 aromatic carbocycles. The van der Waals surface area contributed by atoms with Gasteiger partial charge >= 0.3 is 12.4 Å². The quantitative estimate of drug-likeness (QED) is 0.747. The van der Waals surface area contributed by atoms with E-state index in [1.165, 1.54) is 0 Å². The van der Waals surface area contributed by atoms with Crippen molar-refractivity contribution in [1.82, 2.24) is 10.2 Å². The molecule has 25 heavy (non-hydrogen) atoms. The van der Waals surface area contributed by atoms with Gasteiger partial charge in [-0.15, -0.1) is 0 Å². The van der Waals surface area contributed by atoms with Gasteiger partial charge in [0, 0.05) is 32.2 Å². The lowest BCUT2D eigenvalue weighted by atomic mass is 9.92. The van der Waals surface area contributed by atoms with E-state index in [1.54, 1.807) is 0 Å². The zero-order chi connectivity index (χ0) is 18.7. The molecule has 2 rings (SSSR count). The first kappa shape index (κ1) is 20.0. The van der Waals surface area contributed by atoms with Crippen LogP contribution in [0, 0.1) is 0 Å². The first-order valence-electron chi connectivity index (χ1n) is 8.37. The number of unbranched alkanes of at least 4 members (excludes halogenated alkanes) is 1. The zero-order valence-corrected chi connectivity index (χ0v) is 14.0. The Morgan fingerprint density at radius 3 is 2.20 bits per heavy atom. The molecule has 2 nitrogen and oxygen atoms in total. The molecule has 8 heteroatoms. The second-order valence-electron chi connectivity index (χ2n) is 6.24. The van der Waals surface area contributed by atoms with Crippen LogP contribution in [0.5, 0.6) is 0 Å². The normalized spacial score (nSPS) is 18.4. The third-order valence-electron chi connectivity index (χ3n) is 4.47. The Balaban J connectivity index is 2.47. The maximum Gasteiger partial charge on any atom is 0.416 e. The monoisotopic (exact) mass is 368 g/mol. The molecule has 0 bridgehead atoms. The third-order valence-corrected chi connectivity index (χ3v) is 4.47. The van der Waals surface area contributed by atoms with E-state index in [4.69, 9.17) is 0 Å². The van der Waals surface area contributed by atoms with Crippen molar-refractivity contribution < 1.29 is 26.3 Å². The van der Waals surface area contributed by atoms with Gasteiger partial charge in [-0.25, -0.2) is 0 Å². The number of hydrogen-bond donors (Lipinski definition) is 1. The molecule has 1 saturated heterocycles. The Hall–Kier alpha value is -1.28. The summed E-state index contributed by atoms with van der Waals surface area (Å²) in [6, 6.07) is 1.48. The Morgan fingerprint density at radius 2 is 1.68 bits per heavy atom. The molecule has 0 amide bonds. The Labute approximate surface area is 143 Å². The average molecular weight is 368 g/mol. The summed E-state index contributed by atoms with van der Waals surface area (Å²) in [7, 11) is 0. The van der Waals surface area contributed by atoms with E-state index < -0.39 is 29.5 Å². The van der Waals surface area contributed by atoms with Crippen LogP contribution in [-0.2, 0) is 12.4 Å². The number of halogens is 6. The van der Waals surface area contributed by atoms with Crippen molar-refractivity contribution in [3.05, 3.63) is 34.9 Å². The Morgan fingerprint density at radius 1 is 1.04 bits per heavy atom. The summed E-state index contributed by atoms with van der Waals surface area (Å²) in [5.41, 5.74) is -2.50. The van der Waals surface area contributed by atoms with Crippen LogP contribution in [0.15, 0.2) is 18.2 Å². The lowest BCUT2D eigenvalue weighted by molar-refractivity contribution is -0.143. The third kappa shape index (κ3) is 5.10. The summed E-state index contributed by atoms with van der Waals surface area (Å²) in [5, 5.41) is 3.14. The summed E-state index contributed by atoms with van der Waals surface area (Å²) in [6.07, 6.45) is -7.61. The van der Waals surface area contributed by atoms with E-state index >= 15 is 0 Å². The van der Waals surface area contributed by atoms with Crippen LogP contribution < -0.4 is 5.32 Å². The molecule has 1 heterocycles. The van der Waals surface area contributed by atoms with Gasteiger partial charge in [0.2, 0.25) is 0 Å². The number of rotatable bonds is 5. The van der Waals surface area contributed by atoms with E-state index in [1.807, 2.05) is 11.8 Å². The van der Waals surface area contributed by atoms with Crippen molar-refractivity contribution >= 4 is 0 Å². The summed E-state index contributed by atoms with van der Waals surface area (Å²) in [6.45, 7) is 4.40. The van der Waals surface area contributed by atoms with Gasteiger partial charge in [0.1, 0.15) is 0 Å². The van der Waals surface area contributed by atoms with Crippen molar-refractivity contribution in [1.29, 1.82) is 0 Å². The minimum atomic E-state index is -4.82. The van der Waals surface area contributed by atoms with Crippen molar-refractivity contribution in [2.75, 3.05) is 26.2 Å². The minimum Gasteiger partial charge on any atom is -0.314 e. The summed E-state index contributed by atoms with van der Waals surface area (Å²) < 4.78 is 79.0. The number of piperazine rings is 1. The van der Waals surface area contributed by atoms with Gasteiger partial charge in [0.05, 0.1) is 11.1 Å². The summed E-state index contributed by atoms with van der Waals surface area (Å²) in [5.74, 6) is 0. The zero-order valence-electron chi connectivity index (χ0n) is 14.0. The lowest BCUT2D eigenvalue weighted by Crippen LogP contribution is -2.45. The SMILES string of the molecule is CCCC[C@@H](c1ccc(C(F)(F)F)cc1C(F)(F)F)N1CCNCC1. The van der Waals surface area contributed by atoms with E-state index in [0.717, 1.165) is 18.6 Å². The first-order chi connectivity index (χ1) is 11.6. The number of benzene rings is 1. The molecule has 0 saturated carbocycles. The van der Waals surface area contributed by atoms with Gasteiger partial charge in [-0.3, -0.25) is 4.90 Å². The molecule has 0 aliphatic carbocycles. The minimum absolute atomic E-state index is 0.0594. The highest BCUT2D eigenvalue weighted by Crippen LogP contribution is 2.41. The van der Waals surface area contributed by atoms with Crippen LogP contribution in [0.4, 0.5) is 26.3 Å². The Kier molecular flexibility index (Phi) is 6.37. The first-order valence-corrected chi connectivity index (χ1v) is 8.37. The molecular weight excluding hydrogens is 346 g/mol. The largest absolute Gasteiger partial charge is 0.416 e. The fourth-order valence-corrected chi connectivity index (χ4v) is 3.19. The maximum atomic E-state index is 13.5. The fraction of sp³-hybridized carbons (Fsp3) is 0.647. The predicted octanol–water partition coefficient (Wildman–Crippen LogP) is 4.86. The molecule has 1 aromatic rings. The standard InChI is InChI=1S/C17H22F6N2/c1-2-3-4-15(25-9-7-24-8-10-25)13-6-5-12(16(18,19)20)11-14(13)17(21,22)23/h5-6,11,15,24H,2-4,7-10H2,1H3/t15-/m0/s1. The van der Waals surface area contributed by atoms with Crippen molar-refractivity contribution in [3.63, 3.8) is 0 Å². The van der Waals surface area contributed by atoms with E-state index in [9.17, 15) is 26.3 Å².